The predicted molar refractivity (Wildman–Crippen MR) is 80.5 cm³/mol. The van der Waals surface area contributed by atoms with Crippen LogP contribution in [0.2, 0.25) is 5.02 Å². The Bertz CT molecular complexity index is 750. The van der Waals surface area contributed by atoms with E-state index in [1.807, 2.05) is 30.3 Å². The molecule has 1 N–H and O–H groups in total. The number of carbonyl (C=O) groups excluding carboxylic acids is 1. The van der Waals surface area contributed by atoms with Crippen molar-refractivity contribution in [3.63, 3.8) is 0 Å². The van der Waals surface area contributed by atoms with Crippen molar-refractivity contribution in [1.29, 1.82) is 0 Å². The monoisotopic (exact) mass is 285 g/mol. The van der Waals surface area contributed by atoms with Crippen LogP contribution in [0, 0.1) is 0 Å². The molecule has 3 aromatic rings. The number of halogens is 1. The van der Waals surface area contributed by atoms with Gasteiger partial charge in [0.05, 0.1) is 6.54 Å². The van der Waals surface area contributed by atoms with E-state index >= 15 is 0 Å². The lowest BCUT2D eigenvalue weighted by Gasteiger charge is -2.03. The van der Waals surface area contributed by atoms with Crippen molar-refractivity contribution in [3.05, 3.63) is 65.4 Å². The Labute approximate surface area is 121 Å². The largest absolute Gasteiger partial charge is 0.453 e. The maximum Gasteiger partial charge on any atom is 0.216 e. The molecule has 4 heteroatoms. The molecule has 1 aromatic heterocycles. The zero-order valence-electron chi connectivity index (χ0n) is 10.6. The molecule has 3 rings (SSSR count). The molecule has 0 aliphatic heterocycles. The maximum atomic E-state index is 12.1. The molecule has 0 saturated heterocycles. The Morgan fingerprint density at radius 1 is 1.10 bits per heavy atom. The van der Waals surface area contributed by atoms with Crippen molar-refractivity contribution in [3.8, 4) is 0 Å². The van der Waals surface area contributed by atoms with E-state index in [-0.39, 0.29) is 12.3 Å². The van der Waals surface area contributed by atoms with Gasteiger partial charge in [-0.1, -0.05) is 29.8 Å². The molecule has 0 aliphatic carbocycles. The van der Waals surface area contributed by atoms with Gasteiger partial charge in [-0.2, -0.15) is 0 Å². The number of ketones is 1. The van der Waals surface area contributed by atoms with Gasteiger partial charge in [0.1, 0.15) is 5.58 Å². The smallest absolute Gasteiger partial charge is 0.216 e. The van der Waals surface area contributed by atoms with E-state index < -0.39 is 0 Å². The van der Waals surface area contributed by atoms with E-state index in [0.717, 1.165) is 11.1 Å². The van der Waals surface area contributed by atoms with Gasteiger partial charge in [-0.05, 0) is 36.4 Å². The fraction of sp³-hybridized carbons (Fsp3) is 0.0625. The van der Waals surface area contributed by atoms with Gasteiger partial charge in [0, 0.05) is 16.1 Å². The molecule has 1 heterocycles. The second kappa shape index (κ2) is 5.39. The Morgan fingerprint density at radius 3 is 2.70 bits per heavy atom. The molecule has 0 fully saturated rings. The van der Waals surface area contributed by atoms with E-state index in [1.165, 1.54) is 0 Å². The van der Waals surface area contributed by atoms with Crippen LogP contribution in [-0.2, 0) is 0 Å². The number of hydrogen-bond acceptors (Lipinski definition) is 3. The summed E-state index contributed by atoms with van der Waals surface area (Å²) in [7, 11) is 0. The minimum atomic E-state index is -0.0961. The minimum absolute atomic E-state index is 0.0961. The minimum Gasteiger partial charge on any atom is -0.453 e. The molecule has 3 nitrogen and oxygen atoms in total. The van der Waals surface area contributed by atoms with Crippen molar-refractivity contribution in [2.24, 2.45) is 0 Å². The third kappa shape index (κ3) is 2.68. The van der Waals surface area contributed by atoms with Gasteiger partial charge in [0.15, 0.2) is 5.76 Å². The third-order valence-corrected chi connectivity index (χ3v) is 3.22. The van der Waals surface area contributed by atoms with Crippen molar-refractivity contribution >= 4 is 34.0 Å². The topological polar surface area (TPSA) is 42.2 Å². The number of para-hydroxylation sites is 1. The number of fused-ring (bicyclic) bond motifs is 1. The van der Waals surface area contributed by atoms with E-state index in [2.05, 4.69) is 5.32 Å². The summed E-state index contributed by atoms with van der Waals surface area (Å²) in [5, 5.41) is 4.52. The van der Waals surface area contributed by atoms with Gasteiger partial charge >= 0.3 is 0 Å². The van der Waals surface area contributed by atoms with E-state index in [1.54, 1.807) is 24.3 Å². The highest BCUT2D eigenvalue weighted by molar-refractivity contribution is 6.31. The molecule has 0 unspecified atom stereocenters. The molecule has 20 heavy (non-hydrogen) atoms. The van der Waals surface area contributed by atoms with Crippen LogP contribution in [0.15, 0.2) is 59.0 Å². The molecular formula is C16H12ClNO2. The first-order valence-corrected chi connectivity index (χ1v) is 6.61. The second-order valence-electron chi connectivity index (χ2n) is 4.44. The molecule has 0 bridgehead atoms. The van der Waals surface area contributed by atoms with Crippen LogP contribution in [-0.4, -0.2) is 12.3 Å². The normalized spacial score (nSPS) is 10.7. The lowest BCUT2D eigenvalue weighted by molar-refractivity contribution is 0.0982. The van der Waals surface area contributed by atoms with Crippen molar-refractivity contribution in [2.45, 2.75) is 0 Å². The average molecular weight is 286 g/mol. The SMILES string of the molecule is O=C(CNc1ccccc1)c1cc2cc(Cl)ccc2o1. The fourth-order valence-electron chi connectivity index (χ4n) is 1.98. The Morgan fingerprint density at radius 2 is 1.90 bits per heavy atom. The summed E-state index contributed by atoms with van der Waals surface area (Å²) in [4.78, 5) is 12.1. The van der Waals surface area contributed by atoms with Crippen LogP contribution in [0.1, 0.15) is 10.6 Å². The molecular weight excluding hydrogens is 274 g/mol. The van der Waals surface area contributed by atoms with E-state index in [4.69, 9.17) is 16.0 Å². The Hall–Kier alpha value is -2.26. The van der Waals surface area contributed by atoms with Crippen LogP contribution >= 0.6 is 11.6 Å². The summed E-state index contributed by atoms with van der Waals surface area (Å²) in [6.07, 6.45) is 0. The molecule has 0 spiro atoms. The van der Waals surface area contributed by atoms with Crippen LogP contribution < -0.4 is 5.32 Å². The highest BCUT2D eigenvalue weighted by Crippen LogP contribution is 2.23. The lowest BCUT2D eigenvalue weighted by atomic mass is 10.2. The van der Waals surface area contributed by atoms with Gasteiger partial charge < -0.3 is 9.73 Å². The first-order chi connectivity index (χ1) is 9.72. The summed E-state index contributed by atoms with van der Waals surface area (Å²) in [6.45, 7) is 0.192. The molecule has 100 valence electrons. The summed E-state index contributed by atoms with van der Waals surface area (Å²) < 4.78 is 5.53. The standard InChI is InChI=1S/C16H12ClNO2/c17-12-6-7-15-11(8-12)9-16(20-15)14(19)10-18-13-4-2-1-3-5-13/h1-9,18H,10H2. The maximum absolute atomic E-state index is 12.1. The highest BCUT2D eigenvalue weighted by Gasteiger charge is 2.12. The third-order valence-electron chi connectivity index (χ3n) is 2.98. The summed E-state index contributed by atoms with van der Waals surface area (Å²) >= 11 is 5.91. The van der Waals surface area contributed by atoms with Crippen molar-refractivity contribution in [1.82, 2.24) is 0 Å². The molecule has 0 amide bonds. The molecule has 0 aliphatic rings. The van der Waals surface area contributed by atoms with Gasteiger partial charge in [0.2, 0.25) is 5.78 Å². The van der Waals surface area contributed by atoms with E-state index in [9.17, 15) is 4.79 Å². The van der Waals surface area contributed by atoms with Gasteiger partial charge in [0.25, 0.3) is 0 Å². The quantitative estimate of drug-likeness (QED) is 0.723. The zero-order valence-corrected chi connectivity index (χ0v) is 11.4. The van der Waals surface area contributed by atoms with Gasteiger partial charge in [-0.15, -0.1) is 0 Å². The van der Waals surface area contributed by atoms with Crippen LogP contribution in [0.5, 0.6) is 0 Å². The number of benzene rings is 2. The fourth-order valence-corrected chi connectivity index (χ4v) is 2.16. The van der Waals surface area contributed by atoms with Gasteiger partial charge in [-0.3, -0.25) is 4.79 Å². The zero-order chi connectivity index (χ0) is 13.9. The van der Waals surface area contributed by atoms with Crippen LogP contribution in [0.3, 0.4) is 0 Å². The number of hydrogen-bond donors (Lipinski definition) is 1. The average Bonchev–Trinajstić information content (AvgIpc) is 2.89. The molecule has 0 saturated carbocycles. The summed E-state index contributed by atoms with van der Waals surface area (Å²) in [6, 6.07) is 16.6. The molecule has 2 aromatic carbocycles. The van der Waals surface area contributed by atoms with Crippen LogP contribution in [0.25, 0.3) is 11.0 Å². The van der Waals surface area contributed by atoms with Crippen molar-refractivity contribution in [2.75, 3.05) is 11.9 Å². The summed E-state index contributed by atoms with van der Waals surface area (Å²) in [5.74, 6) is 0.242. The number of anilines is 1. The molecule has 0 atom stereocenters. The predicted octanol–water partition coefficient (Wildman–Crippen LogP) is 4.38. The Kier molecular flexibility index (Phi) is 3.44. The first-order valence-electron chi connectivity index (χ1n) is 6.23. The highest BCUT2D eigenvalue weighted by atomic mass is 35.5. The number of Topliss-reactive ketones (excluding diaryl/α,β-unsaturated/α-hetero) is 1. The number of furan rings is 1. The number of carbonyl (C=O) groups is 1. The number of rotatable bonds is 4. The van der Waals surface area contributed by atoms with Crippen molar-refractivity contribution < 1.29 is 9.21 Å². The van der Waals surface area contributed by atoms with Crippen LogP contribution in [0.4, 0.5) is 5.69 Å². The Balaban J connectivity index is 1.75. The summed E-state index contributed by atoms with van der Waals surface area (Å²) in [5.41, 5.74) is 1.57. The molecule has 0 radical (unpaired) electrons. The lowest BCUT2D eigenvalue weighted by Crippen LogP contribution is -2.13. The number of nitrogens with one attached hydrogen (secondary N) is 1. The van der Waals surface area contributed by atoms with Gasteiger partial charge in [-0.25, -0.2) is 0 Å². The van der Waals surface area contributed by atoms with E-state index in [0.29, 0.717) is 16.4 Å². The second-order valence-corrected chi connectivity index (χ2v) is 4.87. The first kappa shape index (κ1) is 12.8.